The zero-order valence-corrected chi connectivity index (χ0v) is 12.7. The summed E-state index contributed by atoms with van der Waals surface area (Å²) in [6.45, 7) is 3.00. The minimum atomic E-state index is -4.81. The first-order valence-corrected chi connectivity index (χ1v) is 7.52. The zero-order valence-electron chi connectivity index (χ0n) is 12.7. The van der Waals surface area contributed by atoms with Crippen molar-refractivity contribution in [2.24, 2.45) is 0 Å². The van der Waals surface area contributed by atoms with Crippen LogP contribution in [0.5, 0.6) is 0 Å². The Kier molecular flexibility index (Phi) is 2.77. The summed E-state index contributed by atoms with van der Waals surface area (Å²) in [4.78, 5) is 3.87. The number of aliphatic hydroxyl groups is 1. The molecule has 3 heterocycles. The van der Waals surface area contributed by atoms with E-state index in [1.807, 2.05) is 4.57 Å². The maximum absolute atomic E-state index is 13.2. The van der Waals surface area contributed by atoms with E-state index in [4.69, 9.17) is 0 Å². The van der Waals surface area contributed by atoms with Crippen LogP contribution in [0.15, 0.2) is 6.20 Å². The molecule has 6 nitrogen and oxygen atoms in total. The summed E-state index contributed by atoms with van der Waals surface area (Å²) in [5, 5.41) is 18.3. The second-order valence-corrected chi connectivity index (χ2v) is 6.52. The summed E-state index contributed by atoms with van der Waals surface area (Å²) in [5.74, 6) is 1.40. The van der Waals surface area contributed by atoms with E-state index >= 15 is 0 Å². The number of rotatable bonds is 2. The van der Waals surface area contributed by atoms with Crippen molar-refractivity contribution in [3.63, 3.8) is 0 Å². The van der Waals surface area contributed by atoms with Crippen molar-refractivity contribution in [1.29, 1.82) is 0 Å². The molecule has 2 aromatic rings. The number of nitrogens with zero attached hydrogens (tertiary/aromatic N) is 5. The predicted octanol–water partition coefficient (Wildman–Crippen LogP) is 2.36. The lowest BCUT2D eigenvalue weighted by Gasteiger charge is -2.31. The van der Waals surface area contributed by atoms with Gasteiger partial charge in [-0.3, -0.25) is 0 Å². The topological polar surface area (TPSA) is 68.8 Å². The molecule has 0 radical (unpaired) electrons. The minimum absolute atomic E-state index is 0.280. The third-order valence-corrected chi connectivity index (χ3v) is 4.62. The average molecular weight is 327 g/mol. The molecular formula is C14H16F3N5O. The molecule has 0 spiro atoms. The number of imidazole rings is 1. The molecule has 1 saturated carbocycles. The van der Waals surface area contributed by atoms with E-state index in [1.54, 1.807) is 6.92 Å². The number of halogens is 3. The van der Waals surface area contributed by atoms with Crippen LogP contribution in [0.2, 0.25) is 0 Å². The van der Waals surface area contributed by atoms with E-state index in [1.165, 1.54) is 10.8 Å². The lowest BCUT2D eigenvalue weighted by molar-refractivity contribution is -0.262. The van der Waals surface area contributed by atoms with Crippen molar-refractivity contribution in [3.8, 4) is 11.5 Å². The number of hydrogen-bond donors (Lipinski definition) is 1. The first-order chi connectivity index (χ1) is 10.7. The van der Waals surface area contributed by atoms with Crippen LogP contribution >= 0.6 is 0 Å². The largest absolute Gasteiger partial charge is 0.424 e. The van der Waals surface area contributed by atoms with Crippen LogP contribution in [-0.4, -0.2) is 35.6 Å². The molecule has 1 aliphatic heterocycles. The van der Waals surface area contributed by atoms with E-state index in [2.05, 4.69) is 15.2 Å². The quantitative estimate of drug-likeness (QED) is 0.919. The SMILES string of the molecule is C[C@H]1Cn2c(nnc2C2CC2)-c2cnc(C(C)(O)C(F)(F)F)n21. The van der Waals surface area contributed by atoms with Gasteiger partial charge in [0.25, 0.3) is 0 Å². The van der Waals surface area contributed by atoms with Crippen molar-refractivity contribution >= 4 is 0 Å². The Balaban J connectivity index is 1.86. The fourth-order valence-electron chi connectivity index (χ4n) is 3.13. The molecule has 0 saturated heterocycles. The summed E-state index contributed by atoms with van der Waals surface area (Å²) < 4.78 is 42.9. The summed E-state index contributed by atoms with van der Waals surface area (Å²) in [7, 11) is 0. The van der Waals surface area contributed by atoms with Crippen LogP contribution in [-0.2, 0) is 12.1 Å². The molecule has 2 atom stereocenters. The van der Waals surface area contributed by atoms with Gasteiger partial charge < -0.3 is 14.2 Å². The molecule has 4 rings (SSSR count). The second-order valence-electron chi connectivity index (χ2n) is 6.52. The third-order valence-electron chi connectivity index (χ3n) is 4.62. The lowest BCUT2D eigenvalue weighted by Crippen LogP contribution is -2.42. The summed E-state index contributed by atoms with van der Waals surface area (Å²) >= 11 is 0. The van der Waals surface area contributed by atoms with Gasteiger partial charge in [-0.05, 0) is 26.7 Å². The zero-order chi connectivity index (χ0) is 16.6. The summed E-state index contributed by atoms with van der Waals surface area (Å²) in [6.07, 6.45) is -1.33. The Labute approximate surface area is 130 Å². The Morgan fingerprint density at radius 1 is 1.26 bits per heavy atom. The van der Waals surface area contributed by atoms with Crippen LogP contribution in [0.3, 0.4) is 0 Å². The van der Waals surface area contributed by atoms with E-state index < -0.39 is 17.6 Å². The lowest BCUT2D eigenvalue weighted by atomic mass is 10.0. The van der Waals surface area contributed by atoms with Gasteiger partial charge >= 0.3 is 6.18 Å². The van der Waals surface area contributed by atoms with E-state index in [0.717, 1.165) is 25.6 Å². The maximum Gasteiger partial charge on any atom is 0.424 e. The van der Waals surface area contributed by atoms with Crippen LogP contribution in [0.25, 0.3) is 11.5 Å². The molecular weight excluding hydrogens is 311 g/mol. The first-order valence-electron chi connectivity index (χ1n) is 7.52. The van der Waals surface area contributed by atoms with Crippen LogP contribution in [0, 0.1) is 0 Å². The van der Waals surface area contributed by atoms with E-state index in [-0.39, 0.29) is 6.04 Å². The number of hydrogen-bond acceptors (Lipinski definition) is 4. The monoisotopic (exact) mass is 327 g/mol. The van der Waals surface area contributed by atoms with E-state index in [9.17, 15) is 18.3 Å². The predicted molar refractivity (Wildman–Crippen MR) is 73.6 cm³/mol. The fraction of sp³-hybridized carbons (Fsp3) is 0.643. The van der Waals surface area contributed by atoms with Crippen molar-refractivity contribution in [3.05, 3.63) is 17.8 Å². The standard InChI is InChI=1S/C14H16F3N5O/c1-7-6-21-10(8-3-4-8)19-20-11(21)9-5-18-12(22(7)9)13(2,23)14(15,16)17/h5,7-8,23H,3-4,6H2,1-2H3/t7-,13?/m0/s1. The molecule has 1 aliphatic carbocycles. The van der Waals surface area contributed by atoms with Gasteiger partial charge in [-0.15, -0.1) is 10.2 Å². The first kappa shape index (κ1) is 14.7. The Morgan fingerprint density at radius 3 is 2.57 bits per heavy atom. The normalized spacial score (nSPS) is 23.3. The highest BCUT2D eigenvalue weighted by Gasteiger charge is 2.55. The third kappa shape index (κ3) is 1.95. The summed E-state index contributed by atoms with van der Waals surface area (Å²) in [6, 6.07) is -0.280. The molecule has 124 valence electrons. The van der Waals surface area contributed by atoms with Crippen LogP contribution in [0.4, 0.5) is 13.2 Å². The molecule has 0 amide bonds. The molecule has 1 unspecified atom stereocenters. The number of fused-ring (bicyclic) bond motifs is 3. The Morgan fingerprint density at radius 2 is 1.96 bits per heavy atom. The van der Waals surface area contributed by atoms with Gasteiger partial charge in [0.1, 0.15) is 11.5 Å². The Bertz CT molecular complexity index is 772. The molecule has 23 heavy (non-hydrogen) atoms. The highest BCUT2D eigenvalue weighted by molar-refractivity contribution is 5.53. The van der Waals surface area contributed by atoms with Gasteiger partial charge in [0.2, 0.25) is 5.60 Å². The molecule has 9 heteroatoms. The van der Waals surface area contributed by atoms with Crippen molar-refractivity contribution in [2.45, 2.75) is 57.0 Å². The van der Waals surface area contributed by atoms with Gasteiger partial charge in [-0.2, -0.15) is 13.2 Å². The highest BCUT2D eigenvalue weighted by Crippen LogP contribution is 2.44. The fourth-order valence-corrected chi connectivity index (χ4v) is 3.13. The van der Waals surface area contributed by atoms with Crippen LogP contribution < -0.4 is 0 Å². The molecule has 1 N–H and O–H groups in total. The molecule has 0 aromatic carbocycles. The van der Waals surface area contributed by atoms with Gasteiger partial charge in [0.15, 0.2) is 11.6 Å². The second kappa shape index (κ2) is 4.34. The number of alkyl halides is 3. The maximum atomic E-state index is 13.2. The smallest absolute Gasteiger partial charge is 0.374 e. The van der Waals surface area contributed by atoms with Crippen molar-refractivity contribution < 1.29 is 18.3 Å². The van der Waals surface area contributed by atoms with Gasteiger partial charge in [0, 0.05) is 12.5 Å². The Hall–Kier alpha value is -1.90. The summed E-state index contributed by atoms with van der Waals surface area (Å²) in [5.41, 5.74) is -2.55. The molecule has 0 bridgehead atoms. The van der Waals surface area contributed by atoms with E-state index in [0.29, 0.717) is 24.0 Å². The highest BCUT2D eigenvalue weighted by atomic mass is 19.4. The average Bonchev–Trinajstić information content (AvgIpc) is 3.03. The van der Waals surface area contributed by atoms with Gasteiger partial charge in [0.05, 0.1) is 12.2 Å². The number of aromatic nitrogens is 5. The minimum Gasteiger partial charge on any atom is -0.374 e. The van der Waals surface area contributed by atoms with Crippen molar-refractivity contribution in [2.75, 3.05) is 0 Å². The van der Waals surface area contributed by atoms with Gasteiger partial charge in [-0.25, -0.2) is 4.98 Å². The van der Waals surface area contributed by atoms with Crippen LogP contribution in [0.1, 0.15) is 50.3 Å². The van der Waals surface area contributed by atoms with Crippen molar-refractivity contribution in [1.82, 2.24) is 24.3 Å². The molecule has 1 fully saturated rings. The molecule has 2 aromatic heterocycles. The van der Waals surface area contributed by atoms with Gasteiger partial charge in [-0.1, -0.05) is 0 Å². The molecule has 2 aliphatic rings.